The van der Waals surface area contributed by atoms with Gasteiger partial charge in [-0.05, 0) is 85.8 Å². The van der Waals surface area contributed by atoms with Gasteiger partial charge in [0.1, 0.15) is 11.7 Å². The Morgan fingerprint density at radius 2 is 1.65 bits per heavy atom. The Morgan fingerprint density at radius 3 is 2.33 bits per heavy atom. The van der Waals surface area contributed by atoms with Crippen LogP contribution >= 0.6 is 0 Å². The Kier molecular flexibility index (Phi) is 7.75. The van der Waals surface area contributed by atoms with Crippen LogP contribution in [0.5, 0.6) is 0 Å². The standard InChI is InChI=1S/C33H42N2O5/c1-33(16-25-17-34-27-10-6-5-9-26(25)27,32(39)35-28(18-36)31(38)22-7-3-2-4-8-22)40-19-29(37)30-23-12-20-11-21(14-23)15-24(30)13-20/h2-10,17,20-21,23-24,28-31,34,36-38H,11-16,18-19H2,1H3,(H,35,39). The summed E-state index contributed by atoms with van der Waals surface area (Å²) in [5, 5.41) is 36.4. The minimum absolute atomic E-state index is 0.0737. The van der Waals surface area contributed by atoms with Crippen molar-refractivity contribution in [3.8, 4) is 0 Å². The highest BCUT2D eigenvalue weighted by atomic mass is 16.5. The van der Waals surface area contributed by atoms with Crippen LogP contribution in [0.1, 0.15) is 56.3 Å². The second-order valence-electron chi connectivity index (χ2n) is 12.8. The van der Waals surface area contributed by atoms with Crippen molar-refractivity contribution in [2.75, 3.05) is 13.2 Å². The summed E-state index contributed by atoms with van der Waals surface area (Å²) in [5.41, 5.74) is 1.18. The lowest BCUT2D eigenvalue weighted by Crippen LogP contribution is -2.55. The normalized spacial score (nSPS) is 29.1. The SMILES string of the molecule is CC(Cc1c[nH]c2ccccc12)(OCC(O)C1C2CC3CC(C2)CC1C3)C(=O)NC(CO)C(O)c1ccccc1. The molecule has 4 bridgehead atoms. The van der Waals surface area contributed by atoms with Gasteiger partial charge in [0.2, 0.25) is 0 Å². The van der Waals surface area contributed by atoms with Gasteiger partial charge in [-0.3, -0.25) is 4.79 Å². The number of carbonyl (C=O) groups is 1. The molecule has 2 aromatic carbocycles. The maximum Gasteiger partial charge on any atom is 0.252 e. The fourth-order valence-electron chi connectivity index (χ4n) is 8.24. The molecule has 4 saturated carbocycles. The number of fused-ring (bicyclic) bond motifs is 1. The number of amides is 1. The summed E-state index contributed by atoms with van der Waals surface area (Å²) in [5.74, 6) is 2.52. The fraction of sp³-hybridized carbons (Fsp3) is 0.545. The van der Waals surface area contributed by atoms with Crippen molar-refractivity contribution < 1.29 is 24.9 Å². The predicted molar refractivity (Wildman–Crippen MR) is 153 cm³/mol. The molecule has 7 rings (SSSR count). The van der Waals surface area contributed by atoms with Crippen LogP contribution in [-0.2, 0) is 16.0 Å². The number of rotatable bonds is 11. The summed E-state index contributed by atoms with van der Waals surface area (Å²) in [4.78, 5) is 17.2. The number of benzene rings is 2. The van der Waals surface area contributed by atoms with Gasteiger partial charge < -0.3 is 30.4 Å². The Bertz CT molecular complexity index is 1280. The lowest BCUT2D eigenvalue weighted by atomic mass is 9.51. The number of aromatic amines is 1. The number of carbonyl (C=O) groups excluding carboxylic acids is 1. The Labute approximate surface area is 236 Å². The Balaban J connectivity index is 1.21. The molecule has 40 heavy (non-hydrogen) atoms. The summed E-state index contributed by atoms with van der Waals surface area (Å²) < 4.78 is 6.42. The minimum Gasteiger partial charge on any atom is -0.394 e. The molecular weight excluding hydrogens is 504 g/mol. The number of aliphatic hydroxyl groups is 3. The Hall–Kier alpha value is -2.71. The highest BCUT2D eigenvalue weighted by molar-refractivity contribution is 5.88. The molecule has 1 heterocycles. The fourth-order valence-corrected chi connectivity index (χ4v) is 8.24. The zero-order chi connectivity index (χ0) is 27.9. The zero-order valence-electron chi connectivity index (χ0n) is 23.2. The van der Waals surface area contributed by atoms with E-state index in [1.807, 2.05) is 48.7 Å². The summed E-state index contributed by atoms with van der Waals surface area (Å²) >= 11 is 0. The number of aromatic nitrogens is 1. The van der Waals surface area contributed by atoms with Crippen molar-refractivity contribution in [3.63, 3.8) is 0 Å². The molecule has 7 nitrogen and oxygen atoms in total. The van der Waals surface area contributed by atoms with Gasteiger partial charge in [-0.1, -0.05) is 48.5 Å². The molecule has 214 valence electrons. The van der Waals surface area contributed by atoms with Crippen molar-refractivity contribution in [2.24, 2.45) is 29.6 Å². The van der Waals surface area contributed by atoms with E-state index in [4.69, 9.17) is 4.74 Å². The highest BCUT2D eigenvalue weighted by Crippen LogP contribution is 2.57. The van der Waals surface area contributed by atoms with Gasteiger partial charge in [-0.25, -0.2) is 0 Å². The first kappa shape index (κ1) is 27.5. The first-order valence-electron chi connectivity index (χ1n) is 14.9. The third-order valence-corrected chi connectivity index (χ3v) is 10.0. The average Bonchev–Trinajstić information content (AvgIpc) is 3.36. The summed E-state index contributed by atoms with van der Waals surface area (Å²) in [6.45, 7) is 1.39. The van der Waals surface area contributed by atoms with Gasteiger partial charge in [0.25, 0.3) is 5.91 Å². The molecule has 7 heteroatoms. The van der Waals surface area contributed by atoms with Gasteiger partial charge >= 0.3 is 0 Å². The van der Waals surface area contributed by atoms with E-state index < -0.39 is 36.4 Å². The van der Waals surface area contributed by atoms with E-state index in [0.717, 1.165) is 28.3 Å². The third kappa shape index (κ3) is 5.32. The first-order valence-corrected chi connectivity index (χ1v) is 14.9. The quantitative estimate of drug-likeness (QED) is 0.248. The number of ether oxygens (including phenoxy) is 1. The van der Waals surface area contributed by atoms with E-state index in [1.54, 1.807) is 19.1 Å². The molecule has 0 aliphatic heterocycles. The number of nitrogens with one attached hydrogen (secondary N) is 2. The van der Waals surface area contributed by atoms with Crippen molar-refractivity contribution in [3.05, 3.63) is 71.9 Å². The molecule has 1 amide bonds. The Morgan fingerprint density at radius 1 is 1.00 bits per heavy atom. The van der Waals surface area contributed by atoms with E-state index in [-0.39, 0.29) is 18.9 Å². The largest absolute Gasteiger partial charge is 0.394 e. The number of aliphatic hydroxyl groups excluding tert-OH is 3. The molecule has 0 spiro atoms. The average molecular weight is 547 g/mol. The molecule has 0 saturated heterocycles. The lowest BCUT2D eigenvalue weighted by Gasteiger charge is -2.55. The van der Waals surface area contributed by atoms with Crippen LogP contribution in [0.15, 0.2) is 60.8 Å². The van der Waals surface area contributed by atoms with Crippen molar-refractivity contribution >= 4 is 16.8 Å². The summed E-state index contributed by atoms with van der Waals surface area (Å²) in [7, 11) is 0. The van der Waals surface area contributed by atoms with Crippen LogP contribution in [0.2, 0.25) is 0 Å². The van der Waals surface area contributed by atoms with Crippen LogP contribution in [0.25, 0.3) is 10.9 Å². The molecule has 4 aliphatic carbocycles. The molecule has 4 unspecified atom stereocenters. The topological polar surface area (TPSA) is 115 Å². The second kappa shape index (κ2) is 11.3. The molecule has 4 aliphatic rings. The maximum absolute atomic E-state index is 13.9. The van der Waals surface area contributed by atoms with Gasteiger partial charge in [0.05, 0.1) is 25.4 Å². The lowest BCUT2D eigenvalue weighted by molar-refractivity contribution is -0.160. The van der Waals surface area contributed by atoms with Gasteiger partial charge in [-0.2, -0.15) is 0 Å². The van der Waals surface area contributed by atoms with E-state index >= 15 is 0 Å². The van der Waals surface area contributed by atoms with Gasteiger partial charge in [0.15, 0.2) is 0 Å². The number of H-pyrrole nitrogens is 1. The van der Waals surface area contributed by atoms with Crippen LogP contribution in [-0.4, -0.2) is 57.2 Å². The molecular formula is C33H42N2O5. The monoisotopic (exact) mass is 546 g/mol. The van der Waals surface area contributed by atoms with Crippen molar-refractivity contribution in [1.82, 2.24) is 10.3 Å². The molecule has 4 atom stereocenters. The van der Waals surface area contributed by atoms with Crippen molar-refractivity contribution in [1.29, 1.82) is 0 Å². The molecule has 1 aromatic heterocycles. The molecule has 0 radical (unpaired) electrons. The van der Waals surface area contributed by atoms with Crippen LogP contribution < -0.4 is 5.32 Å². The van der Waals surface area contributed by atoms with Gasteiger partial charge in [0, 0.05) is 23.5 Å². The van der Waals surface area contributed by atoms with Crippen molar-refractivity contribution in [2.45, 2.75) is 69.3 Å². The highest BCUT2D eigenvalue weighted by Gasteiger charge is 2.51. The summed E-state index contributed by atoms with van der Waals surface area (Å²) in [6, 6.07) is 16.0. The predicted octanol–water partition coefficient (Wildman–Crippen LogP) is 4.13. The van der Waals surface area contributed by atoms with E-state index in [2.05, 4.69) is 10.3 Å². The maximum atomic E-state index is 13.9. The number of hydrogen-bond acceptors (Lipinski definition) is 5. The molecule has 5 N–H and O–H groups in total. The number of para-hydroxylation sites is 1. The smallest absolute Gasteiger partial charge is 0.252 e. The van der Waals surface area contributed by atoms with E-state index in [0.29, 0.717) is 17.4 Å². The number of hydrogen-bond donors (Lipinski definition) is 5. The second-order valence-corrected chi connectivity index (χ2v) is 12.8. The van der Waals surface area contributed by atoms with Gasteiger partial charge in [-0.15, -0.1) is 0 Å². The molecule has 3 aromatic rings. The first-order chi connectivity index (χ1) is 19.3. The summed E-state index contributed by atoms with van der Waals surface area (Å²) in [6.07, 6.45) is 6.65. The van der Waals surface area contributed by atoms with Crippen LogP contribution in [0.3, 0.4) is 0 Å². The van der Waals surface area contributed by atoms with E-state index in [1.165, 1.54) is 32.1 Å². The van der Waals surface area contributed by atoms with Crippen LogP contribution in [0, 0.1) is 29.6 Å². The minimum atomic E-state index is -1.33. The van der Waals surface area contributed by atoms with E-state index in [9.17, 15) is 20.1 Å². The molecule has 4 fully saturated rings. The third-order valence-electron chi connectivity index (χ3n) is 10.0. The van der Waals surface area contributed by atoms with Crippen LogP contribution in [0.4, 0.5) is 0 Å². The zero-order valence-corrected chi connectivity index (χ0v) is 23.2.